The minimum absolute atomic E-state index is 0.0328. The molecule has 0 aromatic rings. The third-order valence-electron chi connectivity index (χ3n) is 3.04. The van der Waals surface area contributed by atoms with E-state index in [4.69, 9.17) is 9.84 Å². The Balaban J connectivity index is 1.75. The molecular formula is C11H14N2O5. The number of carboxylic acids is 1. The molecule has 0 aromatic heterocycles. The van der Waals surface area contributed by atoms with E-state index in [0.717, 1.165) is 25.3 Å². The zero-order valence-electron chi connectivity index (χ0n) is 9.59. The molecule has 3 N–H and O–H groups in total. The summed E-state index contributed by atoms with van der Waals surface area (Å²) in [6.07, 6.45) is 4.40. The highest BCUT2D eigenvalue weighted by Gasteiger charge is 2.41. The SMILES string of the molecule is O=C(O)/C=C/C(=O)NC(=O)NC1CC2CCC1O2. The van der Waals surface area contributed by atoms with Crippen LogP contribution in [0, 0.1) is 0 Å². The number of carbonyl (C=O) groups is 3. The highest BCUT2D eigenvalue weighted by atomic mass is 16.5. The van der Waals surface area contributed by atoms with Gasteiger partial charge in [0.2, 0.25) is 0 Å². The summed E-state index contributed by atoms with van der Waals surface area (Å²) in [7, 11) is 0. The molecule has 2 heterocycles. The largest absolute Gasteiger partial charge is 0.478 e. The second kappa shape index (κ2) is 5.18. The van der Waals surface area contributed by atoms with E-state index in [1.54, 1.807) is 0 Å². The van der Waals surface area contributed by atoms with E-state index in [1.165, 1.54) is 0 Å². The third kappa shape index (κ3) is 3.07. The summed E-state index contributed by atoms with van der Waals surface area (Å²) < 4.78 is 5.55. The smallest absolute Gasteiger partial charge is 0.328 e. The van der Waals surface area contributed by atoms with Crippen molar-refractivity contribution in [3.63, 3.8) is 0 Å². The van der Waals surface area contributed by atoms with Gasteiger partial charge in [-0.25, -0.2) is 9.59 Å². The second-order valence-electron chi connectivity index (χ2n) is 4.35. The van der Waals surface area contributed by atoms with Crippen molar-refractivity contribution in [2.75, 3.05) is 0 Å². The zero-order chi connectivity index (χ0) is 13.1. The molecule has 7 heteroatoms. The highest BCUT2D eigenvalue weighted by molar-refractivity contribution is 6.02. The number of fused-ring (bicyclic) bond motifs is 2. The van der Waals surface area contributed by atoms with Crippen molar-refractivity contribution in [3.05, 3.63) is 12.2 Å². The van der Waals surface area contributed by atoms with Crippen LogP contribution in [0.2, 0.25) is 0 Å². The molecule has 2 bridgehead atoms. The molecule has 7 nitrogen and oxygen atoms in total. The Morgan fingerprint density at radius 3 is 2.56 bits per heavy atom. The summed E-state index contributed by atoms with van der Waals surface area (Å²) in [6.45, 7) is 0. The van der Waals surface area contributed by atoms with Crippen LogP contribution in [0.25, 0.3) is 0 Å². The van der Waals surface area contributed by atoms with Gasteiger partial charge in [-0.15, -0.1) is 0 Å². The standard InChI is InChI=1S/C11H14N2O5/c14-9(3-4-10(15)16)13-11(17)12-7-5-6-1-2-8(7)18-6/h3-4,6-8H,1-2,5H2,(H,15,16)(H2,12,13,14,17)/b4-3+. The van der Waals surface area contributed by atoms with E-state index in [2.05, 4.69) is 5.32 Å². The van der Waals surface area contributed by atoms with E-state index in [0.29, 0.717) is 6.08 Å². The summed E-state index contributed by atoms with van der Waals surface area (Å²) in [4.78, 5) is 32.8. The van der Waals surface area contributed by atoms with Crippen LogP contribution in [0.5, 0.6) is 0 Å². The number of carboxylic acid groups (broad SMARTS) is 1. The minimum Gasteiger partial charge on any atom is -0.478 e. The minimum atomic E-state index is -1.24. The van der Waals surface area contributed by atoms with Gasteiger partial charge in [0.15, 0.2) is 0 Å². The summed E-state index contributed by atoms with van der Waals surface area (Å²) in [5, 5.41) is 13.0. The number of hydrogen-bond donors (Lipinski definition) is 3. The Bertz CT molecular complexity index is 406. The number of urea groups is 1. The van der Waals surface area contributed by atoms with Crippen LogP contribution in [0.1, 0.15) is 19.3 Å². The van der Waals surface area contributed by atoms with Crippen LogP contribution in [0.3, 0.4) is 0 Å². The zero-order valence-corrected chi connectivity index (χ0v) is 9.59. The maximum Gasteiger partial charge on any atom is 0.328 e. The molecule has 18 heavy (non-hydrogen) atoms. The molecule has 2 rings (SSSR count). The van der Waals surface area contributed by atoms with Gasteiger partial charge in [-0.3, -0.25) is 10.1 Å². The number of carbonyl (C=O) groups excluding carboxylic acids is 2. The van der Waals surface area contributed by atoms with Gasteiger partial charge in [0.1, 0.15) is 0 Å². The lowest BCUT2D eigenvalue weighted by molar-refractivity contribution is -0.131. The monoisotopic (exact) mass is 254 g/mol. The van der Waals surface area contributed by atoms with Gasteiger partial charge in [0, 0.05) is 12.2 Å². The fraction of sp³-hybridized carbons (Fsp3) is 0.545. The number of rotatable bonds is 3. The summed E-state index contributed by atoms with van der Waals surface area (Å²) in [5.41, 5.74) is 0. The normalized spacial score (nSPS) is 29.4. The third-order valence-corrected chi connectivity index (χ3v) is 3.04. The Morgan fingerprint density at radius 2 is 2.00 bits per heavy atom. The van der Waals surface area contributed by atoms with Crippen molar-refractivity contribution in [2.45, 2.75) is 37.5 Å². The fourth-order valence-corrected chi connectivity index (χ4v) is 2.29. The van der Waals surface area contributed by atoms with Crippen LogP contribution >= 0.6 is 0 Å². The predicted molar refractivity (Wildman–Crippen MR) is 59.8 cm³/mol. The van der Waals surface area contributed by atoms with Gasteiger partial charge in [-0.05, 0) is 19.3 Å². The first-order valence-electron chi connectivity index (χ1n) is 5.72. The van der Waals surface area contributed by atoms with Gasteiger partial charge < -0.3 is 15.2 Å². The topological polar surface area (TPSA) is 105 Å². The van der Waals surface area contributed by atoms with Crippen molar-refractivity contribution >= 4 is 17.9 Å². The molecule has 3 atom stereocenters. The first kappa shape index (κ1) is 12.6. The lowest BCUT2D eigenvalue weighted by Gasteiger charge is -2.19. The van der Waals surface area contributed by atoms with Crippen molar-refractivity contribution in [2.24, 2.45) is 0 Å². The Morgan fingerprint density at radius 1 is 1.22 bits per heavy atom. The molecular weight excluding hydrogens is 240 g/mol. The van der Waals surface area contributed by atoms with Crippen LogP contribution in [0.15, 0.2) is 12.2 Å². The summed E-state index contributed by atoms with van der Waals surface area (Å²) in [5.74, 6) is -2.01. The predicted octanol–water partition coefficient (Wildman–Crippen LogP) is -0.227. The number of nitrogens with one attached hydrogen (secondary N) is 2. The van der Waals surface area contributed by atoms with E-state index in [1.807, 2.05) is 5.32 Å². The van der Waals surface area contributed by atoms with Crippen LogP contribution in [-0.4, -0.2) is 41.3 Å². The molecule has 3 unspecified atom stereocenters. The van der Waals surface area contributed by atoms with Crippen molar-refractivity contribution in [1.29, 1.82) is 0 Å². The molecule has 2 aliphatic heterocycles. The number of ether oxygens (including phenoxy) is 1. The number of imide groups is 1. The Labute approximate surface area is 103 Å². The van der Waals surface area contributed by atoms with E-state index < -0.39 is 17.9 Å². The lowest BCUT2D eigenvalue weighted by Crippen LogP contribution is -2.47. The fourth-order valence-electron chi connectivity index (χ4n) is 2.29. The average Bonchev–Trinajstić information content (AvgIpc) is 2.87. The van der Waals surface area contributed by atoms with Gasteiger partial charge in [-0.2, -0.15) is 0 Å². The first-order valence-corrected chi connectivity index (χ1v) is 5.72. The quantitative estimate of drug-likeness (QED) is 0.603. The van der Waals surface area contributed by atoms with Crippen LogP contribution in [0.4, 0.5) is 4.79 Å². The number of amides is 3. The lowest BCUT2D eigenvalue weighted by atomic mass is 9.96. The maximum atomic E-state index is 11.5. The molecule has 2 fully saturated rings. The molecule has 2 saturated heterocycles. The van der Waals surface area contributed by atoms with Crippen molar-refractivity contribution < 1.29 is 24.2 Å². The number of hydrogen-bond acceptors (Lipinski definition) is 4. The van der Waals surface area contributed by atoms with Crippen LogP contribution < -0.4 is 10.6 Å². The highest BCUT2D eigenvalue weighted by Crippen LogP contribution is 2.34. The van der Waals surface area contributed by atoms with Gasteiger partial charge in [-0.1, -0.05) is 0 Å². The van der Waals surface area contributed by atoms with E-state index in [-0.39, 0.29) is 18.2 Å². The van der Waals surface area contributed by atoms with Crippen molar-refractivity contribution in [3.8, 4) is 0 Å². The molecule has 2 aliphatic rings. The van der Waals surface area contributed by atoms with E-state index >= 15 is 0 Å². The van der Waals surface area contributed by atoms with Gasteiger partial charge in [0.05, 0.1) is 18.2 Å². The number of aliphatic carboxylic acids is 1. The Hall–Kier alpha value is -1.89. The molecule has 0 aromatic carbocycles. The van der Waals surface area contributed by atoms with Crippen LogP contribution in [-0.2, 0) is 14.3 Å². The molecule has 0 saturated carbocycles. The molecule has 0 radical (unpaired) electrons. The first-order chi connectivity index (χ1) is 8.54. The maximum absolute atomic E-state index is 11.5. The Kier molecular flexibility index (Phi) is 3.61. The van der Waals surface area contributed by atoms with Gasteiger partial charge in [0.25, 0.3) is 5.91 Å². The molecule has 0 spiro atoms. The average molecular weight is 254 g/mol. The van der Waals surface area contributed by atoms with Gasteiger partial charge >= 0.3 is 12.0 Å². The second-order valence-corrected chi connectivity index (χ2v) is 4.35. The summed E-state index contributed by atoms with van der Waals surface area (Å²) >= 11 is 0. The molecule has 0 aliphatic carbocycles. The summed E-state index contributed by atoms with van der Waals surface area (Å²) in [6, 6.07) is -0.698. The van der Waals surface area contributed by atoms with E-state index in [9.17, 15) is 14.4 Å². The molecule has 3 amide bonds. The van der Waals surface area contributed by atoms with Crippen molar-refractivity contribution in [1.82, 2.24) is 10.6 Å². The molecule has 98 valence electrons.